The van der Waals surface area contributed by atoms with Crippen LogP contribution in [0.25, 0.3) is 33.4 Å². The molecule has 2 aliphatic heterocycles. The van der Waals surface area contributed by atoms with Gasteiger partial charge in [0.25, 0.3) is 0 Å². The van der Waals surface area contributed by atoms with Gasteiger partial charge in [0.1, 0.15) is 0 Å². The zero-order valence-electron chi connectivity index (χ0n) is 31.2. The standard InChI is InChI=1S/C52H40N2O/c1-35-15-10-27-47-50(35)54-46-26-13-24-44(49(46)52(2,3)45-25-14-28-48(55-47)51(45)54)40-20-11-18-38(33-40)39-19-12-23-43(34-39)53(41-21-8-5-9-22-41)42-31-29-37(30-32-42)36-16-6-4-7-17-36/h4-34H,1-3H3. The highest BCUT2D eigenvalue weighted by Gasteiger charge is 2.43. The molecular weight excluding hydrogens is 669 g/mol. The smallest absolute Gasteiger partial charge is 0.151 e. The van der Waals surface area contributed by atoms with Crippen LogP contribution >= 0.6 is 0 Å². The third-order valence-corrected chi connectivity index (χ3v) is 11.3. The fraction of sp³-hybridized carbons (Fsp3) is 0.0769. The predicted octanol–water partition coefficient (Wildman–Crippen LogP) is 14.7. The van der Waals surface area contributed by atoms with Crippen molar-refractivity contribution in [3.05, 3.63) is 205 Å². The number of hydrogen-bond acceptors (Lipinski definition) is 3. The second kappa shape index (κ2) is 12.9. The van der Waals surface area contributed by atoms with Crippen LogP contribution in [-0.4, -0.2) is 0 Å². The summed E-state index contributed by atoms with van der Waals surface area (Å²) >= 11 is 0. The van der Waals surface area contributed by atoms with E-state index in [1.165, 1.54) is 50.2 Å². The van der Waals surface area contributed by atoms with Gasteiger partial charge in [0.2, 0.25) is 0 Å². The lowest BCUT2D eigenvalue weighted by Crippen LogP contribution is -2.33. The number of fused-ring (bicyclic) bond motifs is 4. The first-order valence-electron chi connectivity index (χ1n) is 19.0. The van der Waals surface area contributed by atoms with Crippen LogP contribution < -0.4 is 14.5 Å². The van der Waals surface area contributed by atoms with Gasteiger partial charge in [0.15, 0.2) is 11.5 Å². The van der Waals surface area contributed by atoms with Crippen molar-refractivity contribution in [1.29, 1.82) is 0 Å². The van der Waals surface area contributed by atoms with E-state index in [-0.39, 0.29) is 5.41 Å². The first-order valence-corrected chi connectivity index (χ1v) is 19.0. The second-order valence-electron chi connectivity index (χ2n) is 15.1. The molecule has 10 rings (SSSR count). The Morgan fingerprint density at radius 1 is 0.455 bits per heavy atom. The van der Waals surface area contributed by atoms with Gasteiger partial charge in [-0.2, -0.15) is 0 Å². The maximum atomic E-state index is 6.55. The number of nitrogens with zero attached hydrogens (tertiary/aromatic N) is 2. The van der Waals surface area contributed by atoms with Crippen LogP contribution in [0.4, 0.5) is 34.1 Å². The fourth-order valence-corrected chi connectivity index (χ4v) is 8.72. The average molecular weight is 709 g/mol. The minimum Gasteiger partial charge on any atom is -0.453 e. The molecule has 0 fully saturated rings. The molecule has 8 aromatic carbocycles. The predicted molar refractivity (Wildman–Crippen MR) is 229 cm³/mol. The van der Waals surface area contributed by atoms with Crippen molar-refractivity contribution >= 4 is 34.1 Å². The van der Waals surface area contributed by atoms with Gasteiger partial charge in [-0.3, -0.25) is 0 Å². The number of rotatable bonds is 6. The van der Waals surface area contributed by atoms with Crippen LogP contribution in [0.3, 0.4) is 0 Å². The van der Waals surface area contributed by atoms with E-state index in [2.05, 4.69) is 219 Å². The monoisotopic (exact) mass is 708 g/mol. The summed E-state index contributed by atoms with van der Waals surface area (Å²) in [5, 5.41) is 0. The minimum atomic E-state index is -0.278. The summed E-state index contributed by atoms with van der Waals surface area (Å²) in [7, 11) is 0. The van der Waals surface area contributed by atoms with Gasteiger partial charge in [0.05, 0.1) is 17.1 Å². The van der Waals surface area contributed by atoms with Gasteiger partial charge in [-0.05, 0) is 118 Å². The Balaban J connectivity index is 1.07. The SMILES string of the molecule is Cc1cccc2c1N1c3cccc(-c4cccc(-c5cccc(N(c6ccccc6)c6ccc(-c7ccccc7)cc6)c5)c4)c3C(C)(C)c3cccc(c31)O2. The average Bonchev–Trinajstić information content (AvgIpc) is 3.23. The molecule has 0 amide bonds. The van der Waals surface area contributed by atoms with Crippen LogP contribution in [0.15, 0.2) is 188 Å². The molecule has 2 heterocycles. The summed E-state index contributed by atoms with van der Waals surface area (Å²) in [4.78, 5) is 4.78. The van der Waals surface area contributed by atoms with Crippen LogP contribution in [0.1, 0.15) is 30.5 Å². The molecule has 3 nitrogen and oxygen atoms in total. The molecule has 0 aromatic heterocycles. The van der Waals surface area contributed by atoms with E-state index < -0.39 is 0 Å². The number of aryl methyl sites for hydroxylation is 1. The summed E-state index contributed by atoms with van der Waals surface area (Å²) < 4.78 is 6.55. The van der Waals surface area contributed by atoms with Crippen molar-refractivity contribution in [1.82, 2.24) is 0 Å². The number of benzene rings is 8. The Morgan fingerprint density at radius 2 is 1.02 bits per heavy atom. The normalized spacial score (nSPS) is 13.3. The van der Waals surface area contributed by atoms with Crippen LogP contribution in [0, 0.1) is 6.92 Å². The highest BCUT2D eigenvalue weighted by Crippen LogP contribution is 2.61. The Morgan fingerprint density at radius 3 is 1.80 bits per heavy atom. The molecule has 0 saturated heterocycles. The maximum absolute atomic E-state index is 6.55. The molecule has 0 saturated carbocycles. The van der Waals surface area contributed by atoms with Crippen molar-refractivity contribution in [3.8, 4) is 44.9 Å². The summed E-state index contributed by atoms with van der Waals surface area (Å²) in [5.74, 6) is 1.79. The first kappa shape index (κ1) is 32.8. The highest BCUT2D eigenvalue weighted by atomic mass is 16.5. The minimum absolute atomic E-state index is 0.278. The molecule has 0 bridgehead atoms. The number of ether oxygens (including phenoxy) is 1. The molecule has 0 unspecified atom stereocenters. The van der Waals surface area contributed by atoms with Gasteiger partial charge >= 0.3 is 0 Å². The maximum Gasteiger partial charge on any atom is 0.151 e. The Hall–Kier alpha value is -6.84. The molecule has 55 heavy (non-hydrogen) atoms. The first-order chi connectivity index (χ1) is 27.0. The lowest BCUT2D eigenvalue weighted by atomic mass is 9.70. The summed E-state index contributed by atoms with van der Waals surface area (Å²) in [6.45, 7) is 6.89. The Bertz CT molecular complexity index is 2720. The van der Waals surface area contributed by atoms with Gasteiger partial charge < -0.3 is 14.5 Å². The molecule has 0 atom stereocenters. The second-order valence-corrected chi connectivity index (χ2v) is 15.1. The summed E-state index contributed by atoms with van der Waals surface area (Å²) in [5.41, 5.74) is 17.5. The van der Waals surface area contributed by atoms with E-state index in [4.69, 9.17) is 4.74 Å². The fourth-order valence-electron chi connectivity index (χ4n) is 8.72. The van der Waals surface area contributed by atoms with E-state index >= 15 is 0 Å². The molecular formula is C52H40N2O. The third kappa shape index (κ3) is 5.42. The lowest BCUT2D eigenvalue weighted by molar-refractivity contribution is 0.471. The number of hydrogen-bond donors (Lipinski definition) is 0. The molecule has 2 aliphatic rings. The topological polar surface area (TPSA) is 15.7 Å². The Kier molecular flexibility index (Phi) is 7.71. The van der Waals surface area contributed by atoms with E-state index in [0.717, 1.165) is 45.5 Å². The van der Waals surface area contributed by atoms with E-state index in [9.17, 15) is 0 Å². The third-order valence-electron chi connectivity index (χ3n) is 11.3. The zero-order valence-corrected chi connectivity index (χ0v) is 31.2. The zero-order chi connectivity index (χ0) is 37.1. The largest absolute Gasteiger partial charge is 0.453 e. The highest BCUT2D eigenvalue weighted by molar-refractivity contribution is 5.97. The van der Waals surface area contributed by atoms with E-state index in [1.54, 1.807) is 0 Å². The number of para-hydroxylation sites is 3. The van der Waals surface area contributed by atoms with E-state index in [1.807, 2.05) is 0 Å². The van der Waals surface area contributed by atoms with Crippen molar-refractivity contribution in [2.45, 2.75) is 26.2 Å². The molecule has 0 spiro atoms. The van der Waals surface area contributed by atoms with Gasteiger partial charge in [-0.25, -0.2) is 0 Å². The van der Waals surface area contributed by atoms with Crippen molar-refractivity contribution < 1.29 is 4.74 Å². The molecule has 0 aliphatic carbocycles. The lowest BCUT2D eigenvalue weighted by Gasteiger charge is -2.46. The van der Waals surface area contributed by atoms with Gasteiger partial charge in [-0.1, -0.05) is 141 Å². The summed E-state index contributed by atoms with van der Waals surface area (Å²) in [6.07, 6.45) is 0. The number of anilines is 6. The van der Waals surface area contributed by atoms with Crippen molar-refractivity contribution in [2.75, 3.05) is 9.80 Å². The molecule has 0 N–H and O–H groups in total. The summed E-state index contributed by atoms with van der Waals surface area (Å²) in [6, 6.07) is 67.6. The van der Waals surface area contributed by atoms with E-state index in [0.29, 0.717) is 0 Å². The van der Waals surface area contributed by atoms with Crippen LogP contribution in [0.5, 0.6) is 11.5 Å². The molecule has 3 heteroatoms. The van der Waals surface area contributed by atoms with Crippen molar-refractivity contribution in [3.63, 3.8) is 0 Å². The van der Waals surface area contributed by atoms with Crippen LogP contribution in [0.2, 0.25) is 0 Å². The quantitative estimate of drug-likeness (QED) is 0.171. The molecule has 264 valence electrons. The Labute approximate surface area is 323 Å². The van der Waals surface area contributed by atoms with Gasteiger partial charge in [-0.15, -0.1) is 0 Å². The molecule has 8 aromatic rings. The van der Waals surface area contributed by atoms with Crippen molar-refractivity contribution in [2.24, 2.45) is 0 Å². The van der Waals surface area contributed by atoms with Gasteiger partial charge in [0, 0.05) is 22.5 Å². The van der Waals surface area contributed by atoms with Crippen LogP contribution in [-0.2, 0) is 5.41 Å². The molecule has 0 radical (unpaired) electrons.